The van der Waals surface area contributed by atoms with Gasteiger partial charge in [0.15, 0.2) is 0 Å². The third-order valence-corrected chi connectivity index (χ3v) is 5.43. The van der Waals surface area contributed by atoms with Gasteiger partial charge < -0.3 is 9.47 Å². The third-order valence-electron chi connectivity index (χ3n) is 4.37. The van der Waals surface area contributed by atoms with Crippen LogP contribution in [-0.2, 0) is 43.4 Å². The molecule has 0 bridgehead atoms. The minimum atomic E-state index is -4.27. The van der Waals surface area contributed by atoms with Gasteiger partial charge in [0.05, 0.1) is 0 Å². The predicted molar refractivity (Wildman–Crippen MR) is 119 cm³/mol. The van der Waals surface area contributed by atoms with Gasteiger partial charge in [0.1, 0.15) is 40.6 Å². The quantitative estimate of drug-likeness (QED) is 0.219. The van der Waals surface area contributed by atoms with Crippen molar-refractivity contribution in [1.82, 2.24) is 0 Å². The second-order valence-electron chi connectivity index (χ2n) is 7.59. The van der Waals surface area contributed by atoms with Gasteiger partial charge in [-0.15, -0.1) is 0 Å². The minimum absolute atomic E-state index is 0.0374. The third kappa shape index (κ3) is 9.08. The second-order valence-corrected chi connectivity index (χ2v) is 9.04. The van der Waals surface area contributed by atoms with E-state index in [9.17, 15) is 18.0 Å². The molecule has 1 N–H and O–H groups in total. The molecule has 29 heavy (non-hydrogen) atoms. The molecule has 0 unspecified atom stereocenters. The van der Waals surface area contributed by atoms with Gasteiger partial charge in [-0.1, -0.05) is 36.7 Å². The summed E-state index contributed by atoms with van der Waals surface area (Å²) in [6, 6.07) is 4.10. The molecule has 158 valence electrons. The maximum Gasteiger partial charge on any atom is 0.311 e. The average molecular weight is 422 g/mol. The molecule has 0 saturated heterocycles. The van der Waals surface area contributed by atoms with Crippen molar-refractivity contribution in [2.45, 2.75) is 57.7 Å². The molecule has 7 nitrogen and oxygen atoms in total. The van der Waals surface area contributed by atoms with Gasteiger partial charge in [-0.05, 0) is 31.4 Å². The zero-order valence-electron chi connectivity index (χ0n) is 17.9. The maximum atomic E-state index is 12.3. The first-order valence-corrected chi connectivity index (χ1v) is 11.5. The normalized spacial score (nSPS) is 11.8. The van der Waals surface area contributed by atoms with Crippen LogP contribution in [0.4, 0.5) is 0 Å². The summed E-state index contributed by atoms with van der Waals surface area (Å²) in [5.41, 5.74) is 1.83. The van der Waals surface area contributed by atoms with Crippen molar-refractivity contribution in [3.05, 3.63) is 28.8 Å². The number of esters is 2. The molecular formula is C18H29B3O7S. The van der Waals surface area contributed by atoms with Gasteiger partial charge in [-0.3, -0.25) is 14.1 Å². The summed E-state index contributed by atoms with van der Waals surface area (Å²) < 4.78 is 41.5. The van der Waals surface area contributed by atoms with Gasteiger partial charge in [-0.2, -0.15) is 8.42 Å². The molecule has 0 atom stereocenters. The Hall–Kier alpha value is -1.74. The Labute approximate surface area is 175 Å². The molecule has 0 aliphatic rings. The average Bonchev–Trinajstić information content (AvgIpc) is 2.58. The molecule has 0 amide bonds. The van der Waals surface area contributed by atoms with Crippen LogP contribution < -0.4 is 4.74 Å². The fourth-order valence-electron chi connectivity index (χ4n) is 3.06. The van der Waals surface area contributed by atoms with Crippen LogP contribution in [0.25, 0.3) is 0 Å². The number of carbonyl (C=O) groups is 2. The Morgan fingerprint density at radius 1 is 1.00 bits per heavy atom. The zero-order valence-corrected chi connectivity index (χ0v) is 18.7. The summed E-state index contributed by atoms with van der Waals surface area (Å²) in [6.07, 6.45) is 2.60. The fourth-order valence-corrected chi connectivity index (χ4v) is 3.99. The smallest absolute Gasteiger partial charge is 0.311 e. The minimum Gasteiger partial charge on any atom is -0.458 e. The van der Waals surface area contributed by atoms with E-state index in [2.05, 4.69) is 20.0 Å². The van der Waals surface area contributed by atoms with Crippen LogP contribution in [0.15, 0.2) is 12.1 Å². The van der Waals surface area contributed by atoms with E-state index in [1.165, 1.54) is 19.4 Å². The molecule has 0 radical (unpaired) electrons. The highest BCUT2D eigenvalue weighted by Gasteiger charge is 2.29. The SMILES string of the molecule is BCc1cc(CB)c(OC(=O)CCCC(=O)OC(C)(C)CS(=O)(=O)O)c(CB)c1. The number of hydrogen-bond acceptors (Lipinski definition) is 6. The van der Waals surface area contributed by atoms with Crippen LogP contribution in [0.5, 0.6) is 5.75 Å². The Kier molecular flexibility index (Phi) is 9.49. The lowest BCUT2D eigenvalue weighted by Crippen LogP contribution is -2.35. The van der Waals surface area contributed by atoms with Crippen LogP contribution in [0.1, 0.15) is 49.8 Å². The Balaban J connectivity index is 2.63. The summed E-state index contributed by atoms with van der Waals surface area (Å²) in [5.74, 6) is -1.15. The topological polar surface area (TPSA) is 107 Å². The van der Waals surface area contributed by atoms with Crippen molar-refractivity contribution < 1.29 is 32.0 Å². The number of carbonyl (C=O) groups excluding carboxylic acids is 2. The summed E-state index contributed by atoms with van der Waals surface area (Å²) in [4.78, 5) is 24.2. The highest BCUT2D eigenvalue weighted by atomic mass is 32.2. The molecule has 1 aromatic rings. The Morgan fingerprint density at radius 3 is 1.97 bits per heavy atom. The molecule has 0 fully saturated rings. The van der Waals surface area contributed by atoms with Gasteiger partial charge in [0, 0.05) is 12.8 Å². The van der Waals surface area contributed by atoms with E-state index in [-0.39, 0.29) is 19.3 Å². The van der Waals surface area contributed by atoms with Crippen molar-refractivity contribution in [2.75, 3.05) is 5.75 Å². The fraction of sp³-hybridized carbons (Fsp3) is 0.556. The van der Waals surface area contributed by atoms with Crippen LogP contribution >= 0.6 is 0 Å². The molecule has 1 aromatic carbocycles. The summed E-state index contributed by atoms with van der Waals surface area (Å²) in [6.45, 7) is 2.79. The van der Waals surface area contributed by atoms with Crippen molar-refractivity contribution >= 4 is 45.6 Å². The lowest BCUT2D eigenvalue weighted by molar-refractivity contribution is -0.154. The molecule has 1 rings (SSSR count). The van der Waals surface area contributed by atoms with Crippen molar-refractivity contribution in [1.29, 1.82) is 0 Å². The van der Waals surface area contributed by atoms with Crippen LogP contribution in [-0.4, -0.2) is 59.8 Å². The van der Waals surface area contributed by atoms with Crippen molar-refractivity contribution in [3.8, 4) is 5.75 Å². The molecule has 0 aliphatic carbocycles. The van der Waals surface area contributed by atoms with E-state index >= 15 is 0 Å². The number of hydrogen-bond donors (Lipinski definition) is 1. The van der Waals surface area contributed by atoms with Gasteiger partial charge >= 0.3 is 11.9 Å². The number of rotatable bonds is 11. The lowest BCUT2D eigenvalue weighted by atomic mass is 9.85. The highest BCUT2D eigenvalue weighted by molar-refractivity contribution is 7.85. The molecule has 0 aliphatic heterocycles. The Morgan fingerprint density at radius 2 is 1.52 bits per heavy atom. The molecule has 0 spiro atoms. The van der Waals surface area contributed by atoms with Crippen LogP contribution in [0.3, 0.4) is 0 Å². The van der Waals surface area contributed by atoms with Crippen molar-refractivity contribution in [2.24, 2.45) is 0 Å². The summed E-state index contributed by atoms with van der Waals surface area (Å²) in [7, 11) is 1.83. The first-order valence-electron chi connectivity index (χ1n) is 9.93. The molecular weight excluding hydrogens is 393 g/mol. The van der Waals surface area contributed by atoms with Crippen LogP contribution in [0.2, 0.25) is 0 Å². The van der Waals surface area contributed by atoms with Crippen LogP contribution in [0, 0.1) is 0 Å². The second kappa shape index (κ2) is 10.9. The molecule has 0 aromatic heterocycles. The number of benzene rings is 1. The standard InChI is InChI=1S/C18H29B3O7S/c1-18(2,11-29(24,25)26)28-16(23)5-3-4-15(22)27-17-13(9-20)6-12(8-19)7-14(17)10-21/h6-7H,3-5,8-11,19-21H2,1-2H3,(H,24,25,26). The van der Waals surface area contributed by atoms with Crippen molar-refractivity contribution in [3.63, 3.8) is 0 Å². The summed E-state index contributed by atoms with van der Waals surface area (Å²) >= 11 is 0. The van der Waals surface area contributed by atoms with E-state index in [4.69, 9.17) is 14.0 Å². The lowest BCUT2D eigenvalue weighted by Gasteiger charge is -2.23. The van der Waals surface area contributed by atoms with Gasteiger partial charge in [-0.25, -0.2) is 0 Å². The van der Waals surface area contributed by atoms with Gasteiger partial charge in [0.25, 0.3) is 10.1 Å². The highest BCUT2D eigenvalue weighted by Crippen LogP contribution is 2.27. The van der Waals surface area contributed by atoms with E-state index in [1.807, 2.05) is 15.7 Å². The molecule has 0 heterocycles. The largest absolute Gasteiger partial charge is 0.458 e. The first-order chi connectivity index (χ1) is 13.4. The maximum absolute atomic E-state index is 12.3. The molecule has 11 heteroatoms. The van der Waals surface area contributed by atoms with E-state index in [0.29, 0.717) is 5.75 Å². The van der Waals surface area contributed by atoms with E-state index in [1.54, 1.807) is 0 Å². The van der Waals surface area contributed by atoms with E-state index in [0.717, 1.165) is 30.1 Å². The molecule has 0 saturated carbocycles. The summed E-state index contributed by atoms with van der Waals surface area (Å²) in [5, 5.41) is 0. The monoisotopic (exact) mass is 422 g/mol. The first kappa shape index (κ1) is 25.3. The predicted octanol–water partition coefficient (Wildman–Crippen LogP) is -0.629. The zero-order chi connectivity index (χ0) is 22.2. The Bertz CT molecular complexity index is 813. The van der Waals surface area contributed by atoms with E-state index < -0.39 is 33.4 Å². The van der Waals surface area contributed by atoms with Gasteiger partial charge in [0.2, 0.25) is 0 Å². The number of ether oxygens (including phenoxy) is 2.